The standard InChI is InChI=1S/C16H22N4O10/c1-7(21)26-6-11-14(27-8(2)22)15(28-9(3)23)13(16(30-11)29-10(4)24)19-12(25)5-18-20-17/h11,13-16H,5-6H2,1-4H3,(H,19,25)/t11?,13-,14-,15?,16+/m0/s1. The Labute approximate surface area is 170 Å². The molecule has 0 bridgehead atoms. The molecule has 1 heterocycles. The van der Waals surface area contributed by atoms with Crippen LogP contribution in [0.15, 0.2) is 5.11 Å². The molecule has 2 unspecified atom stereocenters. The quantitative estimate of drug-likeness (QED) is 0.172. The first kappa shape index (κ1) is 24.7. The second-order valence-electron chi connectivity index (χ2n) is 6.09. The highest BCUT2D eigenvalue weighted by atomic mass is 16.7. The fourth-order valence-electron chi connectivity index (χ4n) is 2.65. The molecule has 1 aliphatic heterocycles. The number of nitrogens with zero attached hydrogens (tertiary/aromatic N) is 3. The Morgan fingerprint density at radius 3 is 2.00 bits per heavy atom. The predicted octanol–water partition coefficient (Wildman–Crippen LogP) is -0.504. The number of rotatable bonds is 8. The van der Waals surface area contributed by atoms with Gasteiger partial charge in [0.25, 0.3) is 0 Å². The van der Waals surface area contributed by atoms with Crippen LogP contribution in [0.1, 0.15) is 27.7 Å². The minimum absolute atomic E-state index is 0.428. The third-order valence-corrected chi connectivity index (χ3v) is 3.59. The first-order chi connectivity index (χ1) is 14.0. The monoisotopic (exact) mass is 430 g/mol. The van der Waals surface area contributed by atoms with Crippen molar-refractivity contribution in [1.29, 1.82) is 0 Å². The molecule has 0 aliphatic carbocycles. The molecule has 1 amide bonds. The summed E-state index contributed by atoms with van der Waals surface area (Å²) in [6.07, 6.45) is -5.42. The lowest BCUT2D eigenvalue weighted by molar-refractivity contribution is -0.271. The maximum absolute atomic E-state index is 12.1. The Morgan fingerprint density at radius 2 is 1.50 bits per heavy atom. The average Bonchev–Trinajstić information content (AvgIpc) is 2.62. The molecule has 0 aromatic rings. The SMILES string of the molecule is CC(=O)OCC1O[C@@H](OC(C)=O)[C@@H](NC(=O)CN=[N+]=[N-])C(OC(C)=O)[C@H]1OC(C)=O. The number of hydrogen-bond acceptors (Lipinski definition) is 11. The van der Waals surface area contributed by atoms with Crippen LogP contribution in [0.5, 0.6) is 0 Å². The number of amides is 1. The molecule has 0 aromatic heterocycles. The van der Waals surface area contributed by atoms with Gasteiger partial charge >= 0.3 is 23.9 Å². The smallest absolute Gasteiger partial charge is 0.305 e. The summed E-state index contributed by atoms with van der Waals surface area (Å²) in [7, 11) is 0. The fourth-order valence-corrected chi connectivity index (χ4v) is 2.65. The van der Waals surface area contributed by atoms with E-state index in [1.54, 1.807) is 0 Å². The Balaban J connectivity index is 3.33. The molecule has 5 atom stereocenters. The summed E-state index contributed by atoms with van der Waals surface area (Å²) in [5.41, 5.74) is 8.36. The molecule has 1 saturated heterocycles. The van der Waals surface area contributed by atoms with Crippen LogP contribution in [-0.2, 0) is 47.7 Å². The van der Waals surface area contributed by atoms with Gasteiger partial charge in [-0.15, -0.1) is 0 Å². The molecule has 14 nitrogen and oxygen atoms in total. The second kappa shape index (κ2) is 11.6. The van der Waals surface area contributed by atoms with E-state index in [9.17, 15) is 24.0 Å². The van der Waals surface area contributed by atoms with Crippen LogP contribution in [0.25, 0.3) is 10.4 Å². The third-order valence-electron chi connectivity index (χ3n) is 3.59. The molecule has 1 N–H and O–H groups in total. The molecule has 0 saturated carbocycles. The minimum Gasteiger partial charge on any atom is -0.463 e. The van der Waals surface area contributed by atoms with Crippen LogP contribution in [0.4, 0.5) is 0 Å². The number of esters is 4. The molecule has 1 aliphatic rings. The van der Waals surface area contributed by atoms with Crippen LogP contribution >= 0.6 is 0 Å². The largest absolute Gasteiger partial charge is 0.463 e. The summed E-state index contributed by atoms with van der Waals surface area (Å²) in [6.45, 7) is 3.32. The summed E-state index contributed by atoms with van der Waals surface area (Å²) < 4.78 is 25.9. The van der Waals surface area contributed by atoms with Crippen LogP contribution < -0.4 is 5.32 Å². The Kier molecular flexibility index (Phi) is 9.52. The van der Waals surface area contributed by atoms with Crippen molar-refractivity contribution in [1.82, 2.24) is 5.32 Å². The Hall–Kier alpha value is -3.38. The zero-order valence-corrected chi connectivity index (χ0v) is 16.7. The van der Waals surface area contributed by atoms with Gasteiger partial charge in [-0.3, -0.25) is 24.0 Å². The summed E-state index contributed by atoms with van der Waals surface area (Å²) in [6, 6.07) is -1.34. The van der Waals surface area contributed by atoms with Gasteiger partial charge < -0.3 is 29.0 Å². The van der Waals surface area contributed by atoms with Crippen LogP contribution in [0, 0.1) is 0 Å². The van der Waals surface area contributed by atoms with E-state index in [4.69, 9.17) is 29.2 Å². The normalized spacial score (nSPS) is 25.1. The Bertz CT molecular complexity index is 736. The highest BCUT2D eigenvalue weighted by molar-refractivity contribution is 5.79. The third kappa shape index (κ3) is 7.93. The number of ether oxygens (including phenoxy) is 5. The van der Waals surface area contributed by atoms with Crippen molar-refractivity contribution in [3.63, 3.8) is 0 Å². The predicted molar refractivity (Wildman–Crippen MR) is 94.1 cm³/mol. The van der Waals surface area contributed by atoms with Crippen LogP contribution in [0.2, 0.25) is 0 Å². The van der Waals surface area contributed by atoms with Gasteiger partial charge in [0.05, 0.1) is 0 Å². The molecule has 0 aromatic carbocycles. The zero-order valence-electron chi connectivity index (χ0n) is 16.7. The first-order valence-electron chi connectivity index (χ1n) is 8.65. The summed E-state index contributed by atoms with van der Waals surface area (Å²) in [4.78, 5) is 60.5. The molecule has 0 spiro atoms. The highest BCUT2D eigenvalue weighted by Crippen LogP contribution is 2.28. The molecule has 1 fully saturated rings. The van der Waals surface area contributed by atoms with Gasteiger partial charge in [0.2, 0.25) is 12.2 Å². The lowest BCUT2D eigenvalue weighted by Crippen LogP contribution is -2.67. The lowest BCUT2D eigenvalue weighted by atomic mass is 9.96. The van der Waals surface area contributed by atoms with Gasteiger partial charge in [0.1, 0.15) is 25.3 Å². The average molecular weight is 430 g/mol. The van der Waals surface area contributed by atoms with E-state index >= 15 is 0 Å². The van der Waals surface area contributed by atoms with Gasteiger partial charge in [0.15, 0.2) is 12.2 Å². The van der Waals surface area contributed by atoms with Gasteiger partial charge in [-0.25, -0.2) is 0 Å². The van der Waals surface area contributed by atoms with E-state index in [1.807, 2.05) is 0 Å². The van der Waals surface area contributed by atoms with Crippen molar-refractivity contribution < 1.29 is 47.7 Å². The Morgan fingerprint density at radius 1 is 0.933 bits per heavy atom. The summed E-state index contributed by atoms with van der Waals surface area (Å²) in [5.74, 6) is -3.86. The molecular formula is C16H22N4O10. The van der Waals surface area contributed by atoms with Gasteiger partial charge in [-0.1, -0.05) is 5.11 Å². The second-order valence-corrected chi connectivity index (χ2v) is 6.09. The van der Waals surface area contributed by atoms with Crippen molar-refractivity contribution >= 4 is 29.8 Å². The maximum atomic E-state index is 12.1. The fraction of sp³-hybridized carbons (Fsp3) is 0.688. The van der Waals surface area contributed by atoms with E-state index < -0.39 is 73.6 Å². The number of hydrogen-bond donors (Lipinski definition) is 1. The van der Waals surface area contributed by atoms with E-state index in [2.05, 4.69) is 15.3 Å². The van der Waals surface area contributed by atoms with E-state index in [0.29, 0.717) is 0 Å². The lowest BCUT2D eigenvalue weighted by Gasteiger charge is -2.44. The molecule has 0 radical (unpaired) electrons. The summed E-state index contributed by atoms with van der Waals surface area (Å²) >= 11 is 0. The first-order valence-corrected chi connectivity index (χ1v) is 8.65. The van der Waals surface area contributed by atoms with Crippen molar-refractivity contribution in [2.24, 2.45) is 5.11 Å². The molecule has 166 valence electrons. The number of nitrogens with one attached hydrogen (secondary N) is 1. The molecule has 30 heavy (non-hydrogen) atoms. The van der Waals surface area contributed by atoms with Gasteiger partial charge in [-0.05, 0) is 5.53 Å². The van der Waals surface area contributed by atoms with E-state index in [1.165, 1.54) is 0 Å². The van der Waals surface area contributed by atoms with Gasteiger partial charge in [-0.2, -0.15) is 0 Å². The van der Waals surface area contributed by atoms with Crippen molar-refractivity contribution in [3.8, 4) is 0 Å². The topological polar surface area (TPSA) is 192 Å². The molecular weight excluding hydrogens is 408 g/mol. The van der Waals surface area contributed by atoms with Crippen LogP contribution in [0.3, 0.4) is 0 Å². The van der Waals surface area contributed by atoms with E-state index in [-0.39, 0.29) is 0 Å². The molecule has 1 rings (SSSR count). The number of carbonyl (C=O) groups is 5. The van der Waals surface area contributed by atoms with Gasteiger partial charge in [0, 0.05) is 32.6 Å². The van der Waals surface area contributed by atoms with Crippen molar-refractivity contribution in [2.45, 2.75) is 58.3 Å². The van der Waals surface area contributed by atoms with Crippen molar-refractivity contribution in [2.75, 3.05) is 13.2 Å². The van der Waals surface area contributed by atoms with E-state index in [0.717, 1.165) is 27.7 Å². The zero-order chi connectivity index (χ0) is 22.8. The van der Waals surface area contributed by atoms with Crippen molar-refractivity contribution in [3.05, 3.63) is 10.4 Å². The molecule has 14 heteroatoms. The maximum Gasteiger partial charge on any atom is 0.305 e. The minimum atomic E-state index is -1.51. The summed E-state index contributed by atoms with van der Waals surface area (Å²) in [5, 5.41) is 5.48. The highest BCUT2D eigenvalue weighted by Gasteiger charge is 2.52. The number of azide groups is 1. The number of carbonyl (C=O) groups excluding carboxylic acids is 5. The van der Waals surface area contributed by atoms with Crippen LogP contribution in [-0.4, -0.2) is 73.6 Å².